The highest BCUT2D eigenvalue weighted by Gasteiger charge is 2.04. The average Bonchev–Trinajstić information content (AvgIpc) is 2.93. The Morgan fingerprint density at radius 3 is 2.52 bits per heavy atom. The molecule has 8 heteroatoms. The predicted octanol–water partition coefficient (Wildman–Crippen LogP) is 2.09. The van der Waals surface area contributed by atoms with Gasteiger partial charge in [0.2, 0.25) is 5.89 Å². The van der Waals surface area contributed by atoms with Gasteiger partial charge in [-0.3, -0.25) is 4.99 Å². The molecule has 0 aliphatic heterocycles. The molecule has 0 spiro atoms. The molecule has 0 saturated heterocycles. The topological polar surface area (TPSA) is 75.3 Å². The van der Waals surface area contributed by atoms with E-state index >= 15 is 0 Å². The van der Waals surface area contributed by atoms with Gasteiger partial charge in [0.1, 0.15) is 5.82 Å². The standard InChI is InChI=1S/C15H20FN5O.HI/c1-11-20-14(22-21-11)8-10-19-15(17-2)18-9-7-12-5-3-4-6-13(12)16;/h3-6H,7-10H2,1-2H3,(H2,17,18,19);1H. The third kappa shape index (κ3) is 6.51. The summed E-state index contributed by atoms with van der Waals surface area (Å²) in [5.74, 6) is 1.70. The quantitative estimate of drug-likeness (QED) is 0.415. The van der Waals surface area contributed by atoms with Crippen molar-refractivity contribution < 1.29 is 8.91 Å². The Balaban J connectivity index is 0.00000264. The van der Waals surface area contributed by atoms with E-state index in [0.717, 1.165) is 0 Å². The van der Waals surface area contributed by atoms with E-state index in [1.165, 1.54) is 6.07 Å². The fraction of sp³-hybridized carbons (Fsp3) is 0.400. The van der Waals surface area contributed by atoms with Crippen molar-refractivity contribution in [2.45, 2.75) is 19.8 Å². The Bertz CT molecular complexity index is 632. The second-order valence-corrected chi connectivity index (χ2v) is 4.75. The fourth-order valence-electron chi connectivity index (χ4n) is 1.97. The van der Waals surface area contributed by atoms with Crippen LogP contribution in [0.3, 0.4) is 0 Å². The van der Waals surface area contributed by atoms with Crippen LogP contribution in [0.4, 0.5) is 4.39 Å². The number of hydrogen-bond donors (Lipinski definition) is 2. The highest BCUT2D eigenvalue weighted by atomic mass is 127. The van der Waals surface area contributed by atoms with Gasteiger partial charge in [0, 0.05) is 26.6 Å². The summed E-state index contributed by atoms with van der Waals surface area (Å²) in [6.07, 6.45) is 1.21. The Labute approximate surface area is 152 Å². The normalized spacial score (nSPS) is 11.0. The first-order valence-electron chi connectivity index (χ1n) is 7.16. The maximum Gasteiger partial charge on any atom is 0.228 e. The van der Waals surface area contributed by atoms with E-state index in [1.54, 1.807) is 26.1 Å². The van der Waals surface area contributed by atoms with E-state index in [2.05, 4.69) is 25.8 Å². The molecule has 0 aliphatic carbocycles. The van der Waals surface area contributed by atoms with Crippen LogP contribution in [0.25, 0.3) is 0 Å². The minimum absolute atomic E-state index is 0. The Kier molecular flexibility index (Phi) is 8.52. The van der Waals surface area contributed by atoms with Gasteiger partial charge in [-0.05, 0) is 25.0 Å². The molecule has 0 fully saturated rings. The number of hydrogen-bond acceptors (Lipinski definition) is 4. The summed E-state index contributed by atoms with van der Waals surface area (Å²) in [5, 5.41) is 10.0. The number of aliphatic imine (C=N–C) groups is 1. The van der Waals surface area contributed by atoms with Gasteiger partial charge in [-0.1, -0.05) is 23.4 Å². The molecular formula is C15H21FIN5O. The number of benzene rings is 1. The molecule has 1 aromatic carbocycles. The van der Waals surface area contributed by atoms with Crippen LogP contribution in [0.5, 0.6) is 0 Å². The zero-order valence-corrected chi connectivity index (χ0v) is 15.5. The van der Waals surface area contributed by atoms with Crippen molar-refractivity contribution in [1.82, 2.24) is 20.8 Å². The van der Waals surface area contributed by atoms with Crippen LogP contribution < -0.4 is 10.6 Å². The van der Waals surface area contributed by atoms with Crippen molar-refractivity contribution in [1.29, 1.82) is 0 Å². The molecule has 0 atom stereocenters. The number of nitrogens with zero attached hydrogens (tertiary/aromatic N) is 3. The molecule has 126 valence electrons. The van der Waals surface area contributed by atoms with Crippen LogP contribution >= 0.6 is 24.0 Å². The van der Waals surface area contributed by atoms with Crippen LogP contribution in [0, 0.1) is 12.7 Å². The van der Waals surface area contributed by atoms with Crippen molar-refractivity contribution >= 4 is 29.9 Å². The summed E-state index contributed by atoms with van der Waals surface area (Å²) >= 11 is 0. The third-order valence-corrected chi connectivity index (χ3v) is 3.07. The largest absolute Gasteiger partial charge is 0.356 e. The van der Waals surface area contributed by atoms with Gasteiger partial charge < -0.3 is 15.2 Å². The lowest BCUT2D eigenvalue weighted by molar-refractivity contribution is 0.374. The smallest absolute Gasteiger partial charge is 0.228 e. The molecule has 0 saturated carbocycles. The van der Waals surface area contributed by atoms with Gasteiger partial charge >= 0.3 is 0 Å². The highest BCUT2D eigenvalue weighted by molar-refractivity contribution is 14.0. The molecule has 0 radical (unpaired) electrons. The second kappa shape index (κ2) is 10.1. The van der Waals surface area contributed by atoms with Crippen molar-refractivity contribution in [3.05, 3.63) is 47.4 Å². The molecule has 23 heavy (non-hydrogen) atoms. The van der Waals surface area contributed by atoms with E-state index in [1.807, 2.05) is 6.07 Å². The van der Waals surface area contributed by atoms with E-state index in [0.29, 0.717) is 49.2 Å². The SMILES string of the molecule is CN=C(NCCc1nc(C)no1)NCCc1ccccc1F.I. The summed E-state index contributed by atoms with van der Waals surface area (Å²) in [5.41, 5.74) is 0.687. The zero-order valence-electron chi connectivity index (χ0n) is 13.2. The van der Waals surface area contributed by atoms with Crippen molar-refractivity contribution in [3.63, 3.8) is 0 Å². The molecule has 6 nitrogen and oxygen atoms in total. The molecule has 2 N–H and O–H groups in total. The molecule has 2 rings (SSSR count). The fourth-order valence-corrected chi connectivity index (χ4v) is 1.97. The highest BCUT2D eigenvalue weighted by Crippen LogP contribution is 2.06. The molecule has 1 aromatic heterocycles. The number of aryl methyl sites for hydroxylation is 1. The minimum atomic E-state index is -0.181. The summed E-state index contributed by atoms with van der Waals surface area (Å²) in [4.78, 5) is 8.24. The average molecular weight is 433 g/mol. The number of rotatable bonds is 6. The lowest BCUT2D eigenvalue weighted by atomic mass is 10.1. The first-order valence-corrected chi connectivity index (χ1v) is 7.16. The molecule has 0 bridgehead atoms. The molecular weight excluding hydrogens is 412 g/mol. The number of halogens is 2. The molecule has 0 amide bonds. The zero-order chi connectivity index (χ0) is 15.8. The monoisotopic (exact) mass is 433 g/mol. The van der Waals surface area contributed by atoms with Gasteiger partial charge in [0.25, 0.3) is 0 Å². The first-order chi connectivity index (χ1) is 10.7. The van der Waals surface area contributed by atoms with Crippen LogP contribution in [-0.4, -0.2) is 36.2 Å². The third-order valence-electron chi connectivity index (χ3n) is 3.07. The van der Waals surface area contributed by atoms with E-state index in [9.17, 15) is 4.39 Å². The summed E-state index contributed by atoms with van der Waals surface area (Å²) in [7, 11) is 1.69. The minimum Gasteiger partial charge on any atom is -0.356 e. The van der Waals surface area contributed by atoms with Gasteiger partial charge in [-0.15, -0.1) is 24.0 Å². The summed E-state index contributed by atoms with van der Waals surface area (Å²) in [6.45, 7) is 3.00. The van der Waals surface area contributed by atoms with Gasteiger partial charge in [-0.25, -0.2) is 4.39 Å². The molecule has 2 aromatic rings. The van der Waals surface area contributed by atoms with Gasteiger partial charge in [0.05, 0.1) is 0 Å². The molecule has 0 unspecified atom stereocenters. The number of aromatic nitrogens is 2. The predicted molar refractivity (Wildman–Crippen MR) is 97.6 cm³/mol. The molecule has 1 heterocycles. The Morgan fingerprint density at radius 2 is 1.91 bits per heavy atom. The lowest BCUT2D eigenvalue weighted by Gasteiger charge is -2.11. The van der Waals surface area contributed by atoms with Crippen molar-refractivity contribution in [2.75, 3.05) is 20.1 Å². The lowest BCUT2D eigenvalue weighted by Crippen LogP contribution is -2.39. The van der Waals surface area contributed by atoms with E-state index < -0.39 is 0 Å². The number of nitrogens with one attached hydrogen (secondary N) is 2. The van der Waals surface area contributed by atoms with E-state index in [4.69, 9.17) is 4.52 Å². The Hall–Kier alpha value is -1.71. The Morgan fingerprint density at radius 1 is 1.22 bits per heavy atom. The van der Waals surface area contributed by atoms with Gasteiger partial charge in [0.15, 0.2) is 11.8 Å². The second-order valence-electron chi connectivity index (χ2n) is 4.75. The van der Waals surface area contributed by atoms with Crippen molar-refractivity contribution in [3.8, 4) is 0 Å². The summed E-state index contributed by atoms with van der Waals surface area (Å²) in [6, 6.07) is 6.77. The van der Waals surface area contributed by atoms with Crippen molar-refractivity contribution in [2.24, 2.45) is 4.99 Å². The van der Waals surface area contributed by atoms with Crippen LogP contribution in [0.2, 0.25) is 0 Å². The van der Waals surface area contributed by atoms with Crippen LogP contribution in [-0.2, 0) is 12.8 Å². The summed E-state index contributed by atoms with van der Waals surface area (Å²) < 4.78 is 18.5. The van der Waals surface area contributed by atoms with Crippen LogP contribution in [0.15, 0.2) is 33.8 Å². The van der Waals surface area contributed by atoms with Gasteiger partial charge in [-0.2, -0.15) is 4.98 Å². The maximum absolute atomic E-state index is 13.5. The van der Waals surface area contributed by atoms with E-state index in [-0.39, 0.29) is 29.8 Å². The number of guanidine groups is 1. The first kappa shape index (κ1) is 19.3. The van der Waals surface area contributed by atoms with Crippen LogP contribution in [0.1, 0.15) is 17.3 Å². The molecule has 0 aliphatic rings. The maximum atomic E-state index is 13.5.